The molecule has 2 heterocycles. The van der Waals surface area contributed by atoms with Crippen LogP contribution < -0.4 is 9.50 Å². The largest absolute Gasteiger partial charge is 0.446 e. The molecule has 4 nitrogen and oxygen atoms in total. The Labute approximate surface area is 125 Å². The lowest BCUT2D eigenvalue weighted by atomic mass is 10.1. The van der Waals surface area contributed by atoms with Crippen LogP contribution in [-0.2, 0) is 11.2 Å². The minimum Gasteiger partial charge on any atom is -0.446 e. The summed E-state index contributed by atoms with van der Waals surface area (Å²) >= 11 is 2.97. The van der Waals surface area contributed by atoms with E-state index in [-0.39, 0.29) is 6.10 Å². The Morgan fingerprint density at radius 2 is 2.35 bits per heavy atom. The Morgan fingerprint density at radius 1 is 1.45 bits per heavy atom. The van der Waals surface area contributed by atoms with Crippen LogP contribution in [-0.4, -0.2) is 12.2 Å². The minimum absolute atomic E-state index is 0.142. The summed E-state index contributed by atoms with van der Waals surface area (Å²) in [5.74, 6) is 0.769. The van der Waals surface area contributed by atoms with Crippen molar-refractivity contribution >= 4 is 35.2 Å². The van der Waals surface area contributed by atoms with Gasteiger partial charge in [0.05, 0.1) is 0 Å². The van der Waals surface area contributed by atoms with Crippen molar-refractivity contribution in [1.29, 1.82) is 0 Å². The first-order valence-corrected chi connectivity index (χ1v) is 7.81. The van der Waals surface area contributed by atoms with Crippen molar-refractivity contribution in [1.82, 2.24) is 0 Å². The SMILES string of the molecule is CC1Cc2cc(OSc3cccs3)ccc2NC(=O)O1. The molecule has 1 aliphatic heterocycles. The molecule has 1 atom stereocenters. The number of amides is 1. The van der Waals surface area contributed by atoms with Crippen LogP contribution >= 0.6 is 23.4 Å². The van der Waals surface area contributed by atoms with Gasteiger partial charge in [0.25, 0.3) is 0 Å². The highest BCUT2D eigenvalue weighted by molar-refractivity contribution is 7.97. The van der Waals surface area contributed by atoms with Gasteiger partial charge < -0.3 is 8.92 Å². The van der Waals surface area contributed by atoms with E-state index in [1.807, 2.05) is 42.6 Å². The van der Waals surface area contributed by atoms with Gasteiger partial charge in [-0.05, 0) is 42.1 Å². The Hall–Kier alpha value is -1.66. The van der Waals surface area contributed by atoms with E-state index < -0.39 is 6.09 Å². The fraction of sp³-hybridized carbons (Fsp3) is 0.214. The van der Waals surface area contributed by atoms with Gasteiger partial charge in [-0.25, -0.2) is 4.79 Å². The average Bonchev–Trinajstić information content (AvgIpc) is 2.87. The molecule has 0 spiro atoms. The number of hydrogen-bond donors (Lipinski definition) is 1. The summed E-state index contributed by atoms with van der Waals surface area (Å²) in [5, 5.41) is 4.74. The maximum Gasteiger partial charge on any atom is 0.411 e. The van der Waals surface area contributed by atoms with Crippen LogP contribution in [0.5, 0.6) is 5.75 Å². The van der Waals surface area contributed by atoms with Gasteiger partial charge in [-0.1, -0.05) is 6.07 Å². The van der Waals surface area contributed by atoms with Crippen LogP contribution in [0.4, 0.5) is 10.5 Å². The van der Waals surface area contributed by atoms with Crippen LogP contribution in [0.1, 0.15) is 12.5 Å². The molecule has 0 saturated carbocycles. The molecular weight excluding hydrogens is 294 g/mol. The van der Waals surface area contributed by atoms with Gasteiger partial charge in [0.2, 0.25) is 0 Å². The molecule has 1 aliphatic rings. The first kappa shape index (κ1) is 13.3. The number of nitrogens with one attached hydrogen (secondary N) is 1. The Balaban J connectivity index is 1.76. The number of fused-ring (bicyclic) bond motifs is 1. The van der Waals surface area contributed by atoms with E-state index in [1.165, 1.54) is 12.0 Å². The number of carbonyl (C=O) groups is 1. The fourth-order valence-electron chi connectivity index (χ4n) is 1.99. The number of ether oxygens (including phenoxy) is 1. The first-order chi connectivity index (χ1) is 9.70. The Kier molecular flexibility index (Phi) is 3.84. The van der Waals surface area contributed by atoms with Gasteiger partial charge in [-0.15, -0.1) is 11.3 Å². The molecular formula is C14H13NO3S2. The van der Waals surface area contributed by atoms with Crippen molar-refractivity contribution in [2.24, 2.45) is 0 Å². The number of anilines is 1. The van der Waals surface area contributed by atoms with Gasteiger partial charge in [0.1, 0.15) is 28.1 Å². The van der Waals surface area contributed by atoms with Gasteiger partial charge in [-0.2, -0.15) is 0 Å². The highest BCUT2D eigenvalue weighted by atomic mass is 32.2. The minimum atomic E-state index is -0.405. The number of benzene rings is 1. The zero-order valence-electron chi connectivity index (χ0n) is 10.8. The predicted molar refractivity (Wildman–Crippen MR) is 80.5 cm³/mol. The first-order valence-electron chi connectivity index (χ1n) is 6.19. The molecule has 1 unspecified atom stereocenters. The van der Waals surface area contributed by atoms with Gasteiger partial charge in [-0.3, -0.25) is 5.32 Å². The third-order valence-electron chi connectivity index (χ3n) is 2.84. The third-order valence-corrected chi connectivity index (χ3v) is 4.57. The summed E-state index contributed by atoms with van der Waals surface area (Å²) < 4.78 is 12.0. The molecule has 1 N–H and O–H groups in total. The average molecular weight is 307 g/mol. The molecule has 20 heavy (non-hydrogen) atoms. The Bertz CT molecular complexity index is 613. The summed E-state index contributed by atoms with van der Waals surface area (Å²) in [6.07, 6.45) is 0.129. The van der Waals surface area contributed by atoms with E-state index in [9.17, 15) is 4.79 Å². The maximum absolute atomic E-state index is 11.5. The molecule has 1 aromatic carbocycles. The number of cyclic esters (lactones) is 1. The zero-order valence-corrected chi connectivity index (χ0v) is 12.4. The molecule has 1 aromatic heterocycles. The topological polar surface area (TPSA) is 47.6 Å². The molecule has 1 amide bonds. The summed E-state index contributed by atoms with van der Waals surface area (Å²) in [7, 11) is 0. The molecule has 0 radical (unpaired) electrons. The van der Waals surface area contributed by atoms with Crippen molar-refractivity contribution in [2.75, 3.05) is 5.32 Å². The molecule has 104 valence electrons. The van der Waals surface area contributed by atoms with Crippen LogP contribution in [0.15, 0.2) is 39.9 Å². The molecule has 0 saturated heterocycles. The van der Waals surface area contributed by atoms with Crippen LogP contribution in [0.25, 0.3) is 0 Å². The monoisotopic (exact) mass is 307 g/mol. The summed E-state index contributed by atoms with van der Waals surface area (Å²) in [6.45, 7) is 1.88. The second-order valence-corrected chi connectivity index (χ2v) is 6.44. The lowest BCUT2D eigenvalue weighted by Crippen LogP contribution is -2.17. The molecule has 0 bridgehead atoms. The smallest absolute Gasteiger partial charge is 0.411 e. The van der Waals surface area contributed by atoms with E-state index >= 15 is 0 Å². The maximum atomic E-state index is 11.5. The summed E-state index contributed by atoms with van der Waals surface area (Å²) in [6, 6.07) is 9.63. The van der Waals surface area contributed by atoms with Gasteiger partial charge in [0.15, 0.2) is 0 Å². The quantitative estimate of drug-likeness (QED) is 0.858. The normalized spacial score (nSPS) is 17.6. The van der Waals surface area contributed by atoms with Crippen molar-refractivity contribution in [3.05, 3.63) is 41.3 Å². The van der Waals surface area contributed by atoms with Crippen molar-refractivity contribution in [3.8, 4) is 5.75 Å². The highest BCUT2D eigenvalue weighted by Gasteiger charge is 2.19. The van der Waals surface area contributed by atoms with Crippen molar-refractivity contribution in [3.63, 3.8) is 0 Å². The van der Waals surface area contributed by atoms with Crippen LogP contribution in [0, 0.1) is 0 Å². The lowest BCUT2D eigenvalue weighted by Gasteiger charge is -2.09. The van der Waals surface area contributed by atoms with E-state index in [2.05, 4.69) is 5.32 Å². The Morgan fingerprint density at radius 3 is 3.15 bits per heavy atom. The summed E-state index contributed by atoms with van der Waals surface area (Å²) in [5.41, 5.74) is 1.81. The number of carbonyl (C=O) groups excluding carboxylic acids is 1. The standard InChI is InChI=1S/C14H13NO3S2/c1-9-7-10-8-11(18-20-13-3-2-6-19-13)4-5-12(10)15-14(16)17-9/h2-6,8-9H,7H2,1H3,(H,15,16). The predicted octanol–water partition coefficient (Wildman–Crippen LogP) is 4.33. The molecule has 2 aromatic rings. The fourth-order valence-corrected chi connectivity index (χ4v) is 3.28. The van der Waals surface area contributed by atoms with E-state index in [4.69, 9.17) is 8.92 Å². The highest BCUT2D eigenvalue weighted by Crippen LogP contribution is 2.31. The molecule has 0 fully saturated rings. The van der Waals surface area contributed by atoms with Gasteiger partial charge in [0, 0.05) is 12.1 Å². The van der Waals surface area contributed by atoms with Crippen molar-refractivity contribution in [2.45, 2.75) is 23.7 Å². The summed E-state index contributed by atoms with van der Waals surface area (Å²) in [4.78, 5) is 11.5. The number of rotatable bonds is 3. The van der Waals surface area contributed by atoms with Gasteiger partial charge >= 0.3 is 6.09 Å². The molecule has 0 aliphatic carbocycles. The van der Waals surface area contributed by atoms with E-state index in [0.717, 1.165) is 21.2 Å². The zero-order chi connectivity index (χ0) is 13.9. The lowest BCUT2D eigenvalue weighted by molar-refractivity contribution is 0.123. The second-order valence-electron chi connectivity index (χ2n) is 4.46. The molecule has 3 rings (SSSR count). The van der Waals surface area contributed by atoms with Crippen LogP contribution in [0.2, 0.25) is 0 Å². The third kappa shape index (κ3) is 3.08. The molecule has 6 heteroatoms. The van der Waals surface area contributed by atoms with E-state index in [0.29, 0.717) is 6.42 Å². The van der Waals surface area contributed by atoms with Crippen molar-refractivity contribution < 1.29 is 13.7 Å². The van der Waals surface area contributed by atoms with E-state index in [1.54, 1.807) is 11.3 Å². The second kappa shape index (κ2) is 5.76. The van der Waals surface area contributed by atoms with Crippen LogP contribution in [0.3, 0.4) is 0 Å². The number of hydrogen-bond acceptors (Lipinski definition) is 5. The number of thiophene rings is 1.